The van der Waals surface area contributed by atoms with Gasteiger partial charge >= 0.3 is 0 Å². The third-order valence-electron chi connectivity index (χ3n) is 5.50. The molecule has 3 aromatic rings. The van der Waals surface area contributed by atoms with Crippen molar-refractivity contribution in [2.75, 3.05) is 20.3 Å². The molecule has 6 heteroatoms. The Morgan fingerprint density at radius 1 is 1.12 bits per heavy atom. The molecule has 166 valence electrons. The van der Waals surface area contributed by atoms with Crippen LogP contribution in [0.4, 0.5) is 0 Å². The second-order valence-electron chi connectivity index (χ2n) is 7.91. The van der Waals surface area contributed by atoms with Crippen LogP contribution in [0.25, 0.3) is 12.2 Å². The third kappa shape index (κ3) is 5.26. The highest BCUT2D eigenvalue weighted by atomic mass is 16.5. The van der Waals surface area contributed by atoms with Crippen LogP contribution in [0.15, 0.2) is 53.3 Å². The molecule has 2 aromatic carbocycles. The Kier molecular flexibility index (Phi) is 7.02. The molecule has 1 aliphatic rings. The summed E-state index contributed by atoms with van der Waals surface area (Å²) >= 11 is 0. The molecule has 1 aromatic heterocycles. The number of aromatic amines is 1. The van der Waals surface area contributed by atoms with Gasteiger partial charge in [-0.05, 0) is 35.8 Å². The van der Waals surface area contributed by atoms with Gasteiger partial charge in [0.2, 0.25) is 0 Å². The molecule has 32 heavy (non-hydrogen) atoms. The Morgan fingerprint density at radius 2 is 1.97 bits per heavy atom. The second kappa shape index (κ2) is 10.3. The fourth-order valence-corrected chi connectivity index (χ4v) is 3.85. The van der Waals surface area contributed by atoms with Gasteiger partial charge in [0.25, 0.3) is 5.56 Å². The van der Waals surface area contributed by atoms with E-state index in [4.69, 9.17) is 14.5 Å². The van der Waals surface area contributed by atoms with Crippen LogP contribution < -0.4 is 15.0 Å². The second-order valence-corrected chi connectivity index (χ2v) is 7.91. The molecule has 0 saturated heterocycles. The lowest BCUT2D eigenvalue weighted by Gasteiger charge is -2.27. The van der Waals surface area contributed by atoms with Crippen LogP contribution in [-0.2, 0) is 19.5 Å². The zero-order chi connectivity index (χ0) is 22.3. The fourth-order valence-electron chi connectivity index (χ4n) is 3.85. The summed E-state index contributed by atoms with van der Waals surface area (Å²) in [5, 5.41) is 0. The molecule has 0 bridgehead atoms. The van der Waals surface area contributed by atoms with Gasteiger partial charge in [0.15, 0.2) is 11.5 Å². The first-order valence-electron chi connectivity index (χ1n) is 11.0. The monoisotopic (exact) mass is 431 g/mol. The van der Waals surface area contributed by atoms with E-state index in [-0.39, 0.29) is 5.56 Å². The Bertz CT molecular complexity index is 1140. The number of hydrogen-bond donors (Lipinski definition) is 1. The maximum absolute atomic E-state index is 12.7. The van der Waals surface area contributed by atoms with Crippen molar-refractivity contribution in [2.45, 2.75) is 32.9 Å². The van der Waals surface area contributed by atoms with Gasteiger partial charge in [0, 0.05) is 26.1 Å². The van der Waals surface area contributed by atoms with Crippen LogP contribution in [0.5, 0.6) is 11.5 Å². The Labute approximate surface area is 188 Å². The van der Waals surface area contributed by atoms with E-state index >= 15 is 0 Å². The van der Waals surface area contributed by atoms with Gasteiger partial charge < -0.3 is 14.5 Å². The number of hydrogen-bond acceptors (Lipinski definition) is 5. The molecule has 0 atom stereocenters. The first-order valence-corrected chi connectivity index (χ1v) is 11.0. The minimum Gasteiger partial charge on any atom is -0.493 e. The molecule has 6 nitrogen and oxygen atoms in total. The molecular formula is C26H29N3O3. The molecule has 0 aliphatic carbocycles. The van der Waals surface area contributed by atoms with Crippen LogP contribution in [-0.4, -0.2) is 35.1 Å². The van der Waals surface area contributed by atoms with Crippen molar-refractivity contribution >= 4 is 12.2 Å². The summed E-state index contributed by atoms with van der Waals surface area (Å²) in [4.78, 5) is 22.7. The van der Waals surface area contributed by atoms with E-state index in [0.29, 0.717) is 24.7 Å². The number of benzene rings is 2. The molecule has 0 fully saturated rings. The fraction of sp³-hybridized carbons (Fsp3) is 0.308. The average molecular weight is 432 g/mol. The van der Waals surface area contributed by atoms with Gasteiger partial charge in [-0.3, -0.25) is 9.69 Å². The van der Waals surface area contributed by atoms with Gasteiger partial charge in [0.05, 0.1) is 25.0 Å². The van der Waals surface area contributed by atoms with Gasteiger partial charge in [-0.15, -0.1) is 0 Å². The van der Waals surface area contributed by atoms with E-state index < -0.39 is 0 Å². The molecule has 1 aliphatic heterocycles. The Morgan fingerprint density at radius 3 is 2.75 bits per heavy atom. The highest BCUT2D eigenvalue weighted by Gasteiger charge is 2.20. The predicted octanol–water partition coefficient (Wildman–Crippen LogP) is 4.30. The lowest BCUT2D eigenvalue weighted by Crippen LogP contribution is -2.35. The van der Waals surface area contributed by atoms with E-state index in [1.165, 1.54) is 5.56 Å². The van der Waals surface area contributed by atoms with Crippen LogP contribution in [0.2, 0.25) is 0 Å². The number of ether oxygens (including phenoxy) is 2. The smallest absolute Gasteiger partial charge is 0.255 e. The normalized spacial score (nSPS) is 13.8. The van der Waals surface area contributed by atoms with Gasteiger partial charge in [0.1, 0.15) is 5.82 Å². The van der Waals surface area contributed by atoms with Crippen LogP contribution in [0.3, 0.4) is 0 Å². The summed E-state index contributed by atoms with van der Waals surface area (Å²) in [6.07, 6.45) is 5.46. The minimum atomic E-state index is -0.0618. The lowest BCUT2D eigenvalue weighted by atomic mass is 10.1. The number of rotatable bonds is 8. The number of aromatic nitrogens is 2. The quantitative estimate of drug-likeness (QED) is 0.576. The van der Waals surface area contributed by atoms with Crippen molar-refractivity contribution < 1.29 is 9.47 Å². The topological polar surface area (TPSA) is 67.5 Å². The van der Waals surface area contributed by atoms with Crippen LogP contribution >= 0.6 is 0 Å². The maximum atomic E-state index is 12.7. The number of methoxy groups -OCH3 is 1. The van der Waals surface area contributed by atoms with E-state index in [1.54, 1.807) is 7.11 Å². The van der Waals surface area contributed by atoms with Gasteiger partial charge in [-0.1, -0.05) is 49.4 Å². The molecule has 2 heterocycles. The number of nitrogens with one attached hydrogen (secondary N) is 1. The van der Waals surface area contributed by atoms with Crippen LogP contribution in [0.1, 0.15) is 41.6 Å². The first kappa shape index (κ1) is 21.8. The van der Waals surface area contributed by atoms with Crippen molar-refractivity contribution in [1.82, 2.24) is 14.9 Å². The largest absolute Gasteiger partial charge is 0.493 e. The van der Waals surface area contributed by atoms with E-state index in [1.807, 2.05) is 48.6 Å². The molecule has 0 radical (unpaired) electrons. The predicted molar refractivity (Wildman–Crippen MR) is 127 cm³/mol. The van der Waals surface area contributed by atoms with Crippen molar-refractivity contribution in [3.8, 4) is 11.5 Å². The summed E-state index contributed by atoms with van der Waals surface area (Å²) in [6, 6.07) is 16.1. The zero-order valence-electron chi connectivity index (χ0n) is 18.6. The van der Waals surface area contributed by atoms with E-state index in [2.05, 4.69) is 28.9 Å². The molecular weight excluding hydrogens is 402 g/mol. The summed E-state index contributed by atoms with van der Waals surface area (Å²) < 4.78 is 11.2. The maximum Gasteiger partial charge on any atom is 0.255 e. The lowest BCUT2D eigenvalue weighted by molar-refractivity contribution is 0.241. The van der Waals surface area contributed by atoms with Gasteiger partial charge in [-0.2, -0.15) is 0 Å². The Balaban J connectivity index is 1.48. The van der Waals surface area contributed by atoms with E-state index in [9.17, 15) is 4.79 Å². The molecule has 0 unspecified atom stereocenters. The van der Waals surface area contributed by atoms with Gasteiger partial charge in [-0.25, -0.2) is 4.98 Å². The molecule has 0 saturated carbocycles. The number of fused-ring (bicyclic) bond motifs is 1. The Hall–Kier alpha value is -3.38. The van der Waals surface area contributed by atoms with Crippen LogP contribution in [0, 0.1) is 0 Å². The summed E-state index contributed by atoms with van der Waals surface area (Å²) in [6.45, 7) is 5.05. The number of H-pyrrole nitrogens is 1. The number of nitrogens with zero attached hydrogens (tertiary/aromatic N) is 2. The first-order chi connectivity index (χ1) is 15.7. The van der Waals surface area contributed by atoms with Crippen molar-refractivity contribution in [2.24, 2.45) is 0 Å². The zero-order valence-corrected chi connectivity index (χ0v) is 18.6. The highest BCUT2D eigenvalue weighted by molar-refractivity contribution is 5.68. The molecule has 0 amide bonds. The third-order valence-corrected chi connectivity index (χ3v) is 5.50. The standard InChI is InChI=1S/C26H29N3O3/c1-3-15-32-23-11-9-19(16-24(23)31-2)10-12-25-27-22-13-14-29(18-21(22)26(30)28-25)17-20-7-5-4-6-8-20/h4-12,16H,3,13-15,17-18H2,1-2H3,(H,27,28,30)/b12-10+. The van der Waals surface area contributed by atoms with Crippen molar-refractivity contribution in [3.05, 3.63) is 87.1 Å². The highest BCUT2D eigenvalue weighted by Crippen LogP contribution is 2.29. The van der Waals surface area contributed by atoms with Crippen molar-refractivity contribution in [1.29, 1.82) is 0 Å². The van der Waals surface area contributed by atoms with E-state index in [0.717, 1.165) is 48.5 Å². The summed E-state index contributed by atoms with van der Waals surface area (Å²) in [5.74, 6) is 1.98. The summed E-state index contributed by atoms with van der Waals surface area (Å²) in [5.41, 5.74) is 3.79. The average Bonchev–Trinajstić information content (AvgIpc) is 2.82. The van der Waals surface area contributed by atoms with Crippen molar-refractivity contribution in [3.63, 3.8) is 0 Å². The molecule has 0 spiro atoms. The molecule has 4 rings (SSSR count). The SMILES string of the molecule is CCCOc1ccc(/C=C/c2nc3c(c(=O)[nH]2)CN(Cc2ccccc2)CC3)cc1OC. The summed E-state index contributed by atoms with van der Waals surface area (Å²) in [7, 11) is 1.63. The molecule has 1 N–H and O–H groups in total. The minimum absolute atomic E-state index is 0.0618.